The summed E-state index contributed by atoms with van der Waals surface area (Å²) in [5.41, 5.74) is 0. The van der Waals surface area contributed by atoms with Gasteiger partial charge in [-0.15, -0.1) is 0 Å². The summed E-state index contributed by atoms with van der Waals surface area (Å²) in [7, 11) is 0. The second kappa shape index (κ2) is 3.19. The van der Waals surface area contributed by atoms with Gasteiger partial charge >= 0.3 is 0 Å². The number of nitrogens with one attached hydrogen (secondary N) is 1. The molecule has 0 unspecified atom stereocenters. The molecule has 0 saturated heterocycles. The Kier molecular flexibility index (Phi) is 2.46. The summed E-state index contributed by atoms with van der Waals surface area (Å²) in [6.45, 7) is 1.42. The van der Waals surface area contributed by atoms with Gasteiger partial charge in [-0.2, -0.15) is 0 Å². The number of amides is 1. The standard InChI is InChI=1S/C7H13NO3/c1-4(9)7(11)8-5-2-6(10)3-5/h4-6,9-10H,2-3H2,1H3,(H,8,11)/t4-,5?,6?/m1/s1. The summed E-state index contributed by atoms with van der Waals surface area (Å²) >= 11 is 0. The normalized spacial score (nSPS) is 32.3. The van der Waals surface area contributed by atoms with Crippen molar-refractivity contribution in [1.82, 2.24) is 5.32 Å². The van der Waals surface area contributed by atoms with E-state index in [1.165, 1.54) is 6.92 Å². The molecule has 11 heavy (non-hydrogen) atoms. The van der Waals surface area contributed by atoms with Crippen LogP contribution in [0, 0.1) is 0 Å². The highest BCUT2D eigenvalue weighted by Crippen LogP contribution is 2.19. The minimum atomic E-state index is -0.951. The quantitative estimate of drug-likeness (QED) is 0.484. The van der Waals surface area contributed by atoms with Crippen LogP contribution in [0.2, 0.25) is 0 Å². The van der Waals surface area contributed by atoms with Crippen molar-refractivity contribution in [3.8, 4) is 0 Å². The van der Waals surface area contributed by atoms with Gasteiger partial charge in [0.1, 0.15) is 6.10 Å². The van der Waals surface area contributed by atoms with Crippen LogP contribution in [0.15, 0.2) is 0 Å². The molecule has 1 amide bonds. The van der Waals surface area contributed by atoms with Crippen molar-refractivity contribution >= 4 is 5.91 Å². The molecule has 0 bridgehead atoms. The maximum atomic E-state index is 10.8. The summed E-state index contributed by atoms with van der Waals surface area (Å²) in [6, 6.07) is 0.0621. The zero-order chi connectivity index (χ0) is 8.43. The first-order valence-electron chi connectivity index (χ1n) is 3.76. The van der Waals surface area contributed by atoms with Crippen molar-refractivity contribution in [2.24, 2.45) is 0 Å². The topological polar surface area (TPSA) is 69.6 Å². The average Bonchev–Trinajstić information content (AvgIpc) is 1.84. The van der Waals surface area contributed by atoms with Gasteiger partial charge in [0.15, 0.2) is 0 Å². The maximum Gasteiger partial charge on any atom is 0.248 e. The van der Waals surface area contributed by atoms with Crippen LogP contribution in [-0.4, -0.2) is 34.4 Å². The van der Waals surface area contributed by atoms with E-state index in [1.54, 1.807) is 0 Å². The molecule has 1 aliphatic rings. The Balaban J connectivity index is 2.17. The summed E-state index contributed by atoms with van der Waals surface area (Å²) in [5.74, 6) is -0.359. The third-order valence-corrected chi connectivity index (χ3v) is 1.84. The number of aliphatic hydroxyl groups excluding tert-OH is 2. The lowest BCUT2D eigenvalue weighted by molar-refractivity contribution is -0.130. The number of aliphatic hydroxyl groups is 2. The summed E-state index contributed by atoms with van der Waals surface area (Å²) in [4.78, 5) is 10.8. The predicted molar refractivity (Wildman–Crippen MR) is 38.9 cm³/mol. The molecule has 3 N–H and O–H groups in total. The lowest BCUT2D eigenvalue weighted by Crippen LogP contribution is -2.49. The van der Waals surface area contributed by atoms with Gasteiger partial charge in [0.2, 0.25) is 5.91 Å². The Bertz CT molecular complexity index is 152. The highest BCUT2D eigenvalue weighted by atomic mass is 16.3. The molecule has 1 atom stereocenters. The molecule has 1 aliphatic carbocycles. The monoisotopic (exact) mass is 159 g/mol. The molecular weight excluding hydrogens is 146 g/mol. The first-order chi connectivity index (χ1) is 5.09. The lowest BCUT2D eigenvalue weighted by Gasteiger charge is -2.32. The van der Waals surface area contributed by atoms with Gasteiger partial charge in [0, 0.05) is 6.04 Å². The van der Waals surface area contributed by atoms with Crippen LogP contribution in [-0.2, 0) is 4.79 Å². The van der Waals surface area contributed by atoms with Gasteiger partial charge in [-0.05, 0) is 19.8 Å². The van der Waals surface area contributed by atoms with E-state index in [-0.39, 0.29) is 18.1 Å². The van der Waals surface area contributed by atoms with Crippen LogP contribution >= 0.6 is 0 Å². The van der Waals surface area contributed by atoms with E-state index >= 15 is 0 Å². The third-order valence-electron chi connectivity index (χ3n) is 1.84. The molecule has 0 aromatic carbocycles. The van der Waals surface area contributed by atoms with E-state index in [1.807, 2.05) is 0 Å². The van der Waals surface area contributed by atoms with Crippen LogP contribution in [0.5, 0.6) is 0 Å². The fourth-order valence-corrected chi connectivity index (χ4v) is 1.03. The van der Waals surface area contributed by atoms with E-state index in [9.17, 15) is 4.79 Å². The van der Waals surface area contributed by atoms with E-state index in [2.05, 4.69) is 5.32 Å². The van der Waals surface area contributed by atoms with E-state index in [0.29, 0.717) is 12.8 Å². The van der Waals surface area contributed by atoms with Crippen LogP contribution in [0.3, 0.4) is 0 Å². The molecule has 0 aromatic heterocycles. The van der Waals surface area contributed by atoms with Crippen LogP contribution in [0.1, 0.15) is 19.8 Å². The Morgan fingerprint density at radius 2 is 2.18 bits per heavy atom. The zero-order valence-electron chi connectivity index (χ0n) is 6.45. The van der Waals surface area contributed by atoms with E-state index in [4.69, 9.17) is 10.2 Å². The second-order valence-electron chi connectivity index (χ2n) is 3.01. The number of carbonyl (C=O) groups excluding carboxylic acids is 1. The first-order valence-corrected chi connectivity index (χ1v) is 3.76. The minimum absolute atomic E-state index is 0.0621. The van der Waals surface area contributed by atoms with Gasteiger partial charge in [0.25, 0.3) is 0 Å². The predicted octanol–water partition coefficient (Wildman–Crippen LogP) is -0.993. The van der Waals surface area contributed by atoms with Gasteiger partial charge in [-0.1, -0.05) is 0 Å². The number of rotatable bonds is 2. The van der Waals surface area contributed by atoms with Gasteiger partial charge in [-0.25, -0.2) is 0 Å². The molecule has 4 nitrogen and oxygen atoms in total. The fraction of sp³-hybridized carbons (Fsp3) is 0.857. The molecule has 64 valence electrons. The number of hydrogen-bond acceptors (Lipinski definition) is 3. The maximum absolute atomic E-state index is 10.8. The first kappa shape index (κ1) is 8.49. The van der Waals surface area contributed by atoms with Crippen molar-refractivity contribution in [1.29, 1.82) is 0 Å². The molecule has 0 aromatic rings. The average molecular weight is 159 g/mol. The molecule has 4 heteroatoms. The highest BCUT2D eigenvalue weighted by molar-refractivity contribution is 5.80. The second-order valence-corrected chi connectivity index (χ2v) is 3.01. The Hall–Kier alpha value is -0.610. The van der Waals surface area contributed by atoms with Crippen molar-refractivity contribution in [2.75, 3.05) is 0 Å². The van der Waals surface area contributed by atoms with E-state index < -0.39 is 6.10 Å². The smallest absolute Gasteiger partial charge is 0.248 e. The molecule has 1 fully saturated rings. The van der Waals surface area contributed by atoms with Crippen LogP contribution in [0.4, 0.5) is 0 Å². The third kappa shape index (κ3) is 2.17. The van der Waals surface area contributed by atoms with Crippen LogP contribution in [0.25, 0.3) is 0 Å². The zero-order valence-corrected chi connectivity index (χ0v) is 6.45. The molecule has 0 heterocycles. The minimum Gasteiger partial charge on any atom is -0.393 e. The molecule has 1 saturated carbocycles. The summed E-state index contributed by atoms with van der Waals surface area (Å²) in [5, 5.41) is 20.2. The van der Waals surface area contributed by atoms with Gasteiger partial charge < -0.3 is 15.5 Å². The summed E-state index contributed by atoms with van der Waals surface area (Å²) < 4.78 is 0. The molecular formula is C7H13NO3. The van der Waals surface area contributed by atoms with Gasteiger partial charge in [0.05, 0.1) is 6.10 Å². The van der Waals surface area contributed by atoms with Crippen molar-refractivity contribution < 1.29 is 15.0 Å². The summed E-state index contributed by atoms with van der Waals surface area (Å²) in [6.07, 6.45) is -0.00116. The molecule has 1 rings (SSSR count). The van der Waals surface area contributed by atoms with Crippen molar-refractivity contribution in [2.45, 2.75) is 38.0 Å². The largest absolute Gasteiger partial charge is 0.393 e. The Morgan fingerprint density at radius 3 is 2.55 bits per heavy atom. The molecule has 0 spiro atoms. The Morgan fingerprint density at radius 1 is 1.64 bits per heavy atom. The number of hydrogen-bond donors (Lipinski definition) is 3. The SMILES string of the molecule is C[C@@H](O)C(=O)NC1CC(O)C1. The fourth-order valence-electron chi connectivity index (χ4n) is 1.03. The number of carbonyl (C=O) groups is 1. The van der Waals surface area contributed by atoms with Crippen molar-refractivity contribution in [3.63, 3.8) is 0 Å². The Labute approximate surface area is 65.2 Å². The molecule has 0 radical (unpaired) electrons. The van der Waals surface area contributed by atoms with Gasteiger partial charge in [-0.3, -0.25) is 4.79 Å². The molecule has 0 aliphatic heterocycles. The van der Waals surface area contributed by atoms with Crippen LogP contribution < -0.4 is 5.32 Å². The van der Waals surface area contributed by atoms with E-state index in [0.717, 1.165) is 0 Å². The lowest BCUT2D eigenvalue weighted by atomic mass is 9.89. The highest BCUT2D eigenvalue weighted by Gasteiger charge is 2.28. The van der Waals surface area contributed by atoms with Crippen molar-refractivity contribution in [3.05, 3.63) is 0 Å².